The summed E-state index contributed by atoms with van der Waals surface area (Å²) in [5, 5.41) is 5.15. The second-order valence-corrected chi connectivity index (χ2v) is 10.6. The van der Waals surface area contributed by atoms with Gasteiger partial charge < -0.3 is 10.1 Å². The van der Waals surface area contributed by atoms with E-state index >= 15 is 0 Å². The van der Waals surface area contributed by atoms with Crippen molar-refractivity contribution in [3.05, 3.63) is 77.7 Å². The van der Waals surface area contributed by atoms with Crippen LogP contribution in [0.4, 0.5) is 5.69 Å². The molecule has 0 fully saturated rings. The largest absolute Gasteiger partial charge is 0.452 e. The Morgan fingerprint density at radius 2 is 1.76 bits per heavy atom. The number of amides is 1. The number of thiophene rings is 1. The summed E-state index contributed by atoms with van der Waals surface area (Å²) in [6.07, 6.45) is 0. The summed E-state index contributed by atoms with van der Waals surface area (Å²) in [7, 11) is -0.687. The minimum absolute atomic E-state index is 0.105. The number of carbonyl (C=O) groups excluding carboxylic acids is 2. The minimum atomic E-state index is -3.57. The van der Waals surface area contributed by atoms with Crippen LogP contribution in [-0.2, 0) is 19.6 Å². The quantitative estimate of drug-likeness (QED) is 0.389. The van der Waals surface area contributed by atoms with Crippen LogP contribution >= 0.6 is 11.3 Å². The number of sulfonamides is 1. The third-order valence-corrected chi connectivity index (χ3v) is 7.68. The van der Waals surface area contributed by atoms with E-state index in [9.17, 15) is 18.0 Å². The molecule has 10 heteroatoms. The molecule has 2 heterocycles. The number of carbonyl (C=O) groups is 2. The fraction of sp³-hybridized carbons (Fsp3) is 0.125. The van der Waals surface area contributed by atoms with E-state index in [1.54, 1.807) is 18.2 Å². The maximum absolute atomic E-state index is 12.9. The first-order valence-corrected chi connectivity index (χ1v) is 12.5. The Labute approximate surface area is 200 Å². The van der Waals surface area contributed by atoms with Crippen LogP contribution in [0.25, 0.3) is 21.5 Å². The molecule has 0 spiro atoms. The molecule has 174 valence electrons. The van der Waals surface area contributed by atoms with E-state index in [2.05, 4.69) is 10.3 Å². The highest BCUT2D eigenvalue weighted by Crippen LogP contribution is 2.28. The van der Waals surface area contributed by atoms with E-state index in [1.165, 1.54) is 49.7 Å². The van der Waals surface area contributed by atoms with Crippen molar-refractivity contribution in [2.24, 2.45) is 0 Å². The monoisotopic (exact) mass is 495 g/mol. The van der Waals surface area contributed by atoms with E-state index in [-0.39, 0.29) is 4.90 Å². The van der Waals surface area contributed by atoms with Gasteiger partial charge in [0, 0.05) is 25.2 Å². The summed E-state index contributed by atoms with van der Waals surface area (Å²) in [5.41, 5.74) is 2.00. The van der Waals surface area contributed by atoms with Gasteiger partial charge in [0.25, 0.3) is 5.91 Å². The summed E-state index contributed by atoms with van der Waals surface area (Å²) in [4.78, 5) is 30.8. The van der Waals surface area contributed by atoms with Crippen LogP contribution in [0.3, 0.4) is 0 Å². The van der Waals surface area contributed by atoms with E-state index in [1.807, 2.05) is 29.6 Å². The molecule has 1 amide bonds. The molecule has 8 nitrogen and oxygen atoms in total. The zero-order chi connectivity index (χ0) is 24.3. The van der Waals surface area contributed by atoms with Crippen molar-refractivity contribution >= 4 is 49.8 Å². The summed E-state index contributed by atoms with van der Waals surface area (Å²) < 4.78 is 30.7. The molecular formula is C24H21N3O5S2. The number of para-hydroxylation sites is 1. The lowest BCUT2D eigenvalue weighted by Crippen LogP contribution is -2.22. The summed E-state index contributed by atoms with van der Waals surface area (Å²) in [5.74, 6) is -1.19. The van der Waals surface area contributed by atoms with Crippen LogP contribution in [0.2, 0.25) is 0 Å². The van der Waals surface area contributed by atoms with Crippen molar-refractivity contribution in [2.45, 2.75) is 4.90 Å². The molecule has 0 saturated heterocycles. The number of ether oxygens (including phenoxy) is 1. The molecule has 0 saturated carbocycles. The van der Waals surface area contributed by atoms with Gasteiger partial charge in [-0.15, -0.1) is 11.3 Å². The molecule has 4 rings (SSSR count). The van der Waals surface area contributed by atoms with Crippen LogP contribution in [-0.4, -0.2) is 50.3 Å². The zero-order valence-corrected chi connectivity index (χ0v) is 20.0. The summed E-state index contributed by atoms with van der Waals surface area (Å²) >= 11 is 1.51. The van der Waals surface area contributed by atoms with Gasteiger partial charge in [0.15, 0.2) is 6.61 Å². The van der Waals surface area contributed by atoms with Crippen LogP contribution < -0.4 is 5.32 Å². The molecule has 4 aromatic rings. The van der Waals surface area contributed by atoms with Crippen LogP contribution in [0.5, 0.6) is 0 Å². The molecular weight excluding hydrogens is 474 g/mol. The smallest absolute Gasteiger partial charge is 0.339 e. The van der Waals surface area contributed by atoms with Gasteiger partial charge in [-0.05, 0) is 47.8 Å². The number of rotatable bonds is 7. The minimum Gasteiger partial charge on any atom is -0.452 e. The highest BCUT2D eigenvalue weighted by molar-refractivity contribution is 7.89. The standard InChI is InChI=1S/C24H21N3O5S2/c1-27(2)34(30,31)17-11-9-16(10-12-17)25-23(28)15-32-24(29)19-14-21(22-8-5-13-33-22)26-20-7-4-3-6-18(19)20/h3-14H,15H2,1-2H3,(H,25,28). The van der Waals surface area contributed by atoms with Crippen molar-refractivity contribution in [2.75, 3.05) is 26.0 Å². The third-order valence-electron chi connectivity index (χ3n) is 4.96. The average molecular weight is 496 g/mol. The Hall–Kier alpha value is -3.60. The van der Waals surface area contributed by atoms with E-state index in [0.717, 1.165) is 9.18 Å². The Kier molecular flexibility index (Phi) is 6.73. The Morgan fingerprint density at radius 1 is 1.03 bits per heavy atom. The molecule has 2 aromatic heterocycles. The molecule has 0 radical (unpaired) electrons. The number of nitrogens with one attached hydrogen (secondary N) is 1. The first-order valence-electron chi connectivity index (χ1n) is 10.2. The molecule has 1 N–H and O–H groups in total. The number of anilines is 1. The van der Waals surface area contributed by atoms with Crippen LogP contribution in [0.1, 0.15) is 10.4 Å². The number of nitrogens with zero attached hydrogens (tertiary/aromatic N) is 2. The molecule has 0 unspecified atom stereocenters. The summed E-state index contributed by atoms with van der Waals surface area (Å²) in [6.45, 7) is -0.498. The number of fused-ring (bicyclic) bond motifs is 1. The number of aromatic nitrogens is 1. The highest BCUT2D eigenvalue weighted by atomic mass is 32.2. The Bertz CT molecular complexity index is 1450. The van der Waals surface area contributed by atoms with Gasteiger partial charge in [-0.3, -0.25) is 4.79 Å². The second-order valence-electron chi connectivity index (χ2n) is 7.49. The SMILES string of the molecule is CN(C)S(=O)(=O)c1ccc(NC(=O)COC(=O)c2cc(-c3cccs3)nc3ccccc23)cc1. The lowest BCUT2D eigenvalue weighted by atomic mass is 10.1. The first-order chi connectivity index (χ1) is 16.3. The Balaban J connectivity index is 1.46. The van der Waals surface area contributed by atoms with Gasteiger partial charge in [0.2, 0.25) is 10.0 Å². The number of hydrogen-bond acceptors (Lipinski definition) is 7. The van der Waals surface area contributed by atoms with E-state index in [0.29, 0.717) is 27.8 Å². The molecule has 2 aromatic carbocycles. The maximum Gasteiger partial charge on any atom is 0.339 e. The molecule has 0 aliphatic rings. The fourth-order valence-electron chi connectivity index (χ4n) is 3.22. The van der Waals surface area contributed by atoms with Gasteiger partial charge in [0.1, 0.15) is 0 Å². The fourth-order valence-corrected chi connectivity index (χ4v) is 4.81. The van der Waals surface area contributed by atoms with E-state index < -0.39 is 28.5 Å². The third kappa shape index (κ3) is 4.98. The van der Waals surface area contributed by atoms with Gasteiger partial charge in [-0.1, -0.05) is 24.3 Å². The summed E-state index contributed by atoms with van der Waals surface area (Å²) in [6, 6.07) is 18.5. The van der Waals surface area contributed by atoms with Crippen molar-refractivity contribution in [3.63, 3.8) is 0 Å². The molecule has 34 heavy (non-hydrogen) atoms. The number of benzene rings is 2. The van der Waals surface area contributed by atoms with Gasteiger partial charge in [-0.2, -0.15) is 0 Å². The number of hydrogen-bond donors (Lipinski definition) is 1. The molecule has 0 atom stereocenters. The van der Waals surface area contributed by atoms with Gasteiger partial charge >= 0.3 is 5.97 Å². The van der Waals surface area contributed by atoms with E-state index in [4.69, 9.17) is 4.74 Å². The predicted molar refractivity (Wildman–Crippen MR) is 131 cm³/mol. The second kappa shape index (κ2) is 9.72. The number of esters is 1. The van der Waals surface area contributed by atoms with Crippen LogP contribution in [0.15, 0.2) is 77.0 Å². The Morgan fingerprint density at radius 3 is 2.44 bits per heavy atom. The maximum atomic E-state index is 12.9. The molecule has 0 aliphatic carbocycles. The molecule has 0 bridgehead atoms. The zero-order valence-electron chi connectivity index (χ0n) is 18.4. The van der Waals surface area contributed by atoms with Gasteiger partial charge in [0.05, 0.1) is 26.5 Å². The average Bonchev–Trinajstić information content (AvgIpc) is 3.37. The topological polar surface area (TPSA) is 106 Å². The first kappa shape index (κ1) is 23.6. The number of pyridine rings is 1. The van der Waals surface area contributed by atoms with Crippen molar-refractivity contribution in [3.8, 4) is 10.6 Å². The van der Waals surface area contributed by atoms with Crippen molar-refractivity contribution < 1.29 is 22.7 Å². The van der Waals surface area contributed by atoms with Crippen molar-refractivity contribution in [1.82, 2.24) is 9.29 Å². The lowest BCUT2D eigenvalue weighted by Gasteiger charge is -2.12. The normalized spacial score (nSPS) is 11.5. The van der Waals surface area contributed by atoms with Crippen molar-refractivity contribution in [1.29, 1.82) is 0 Å². The predicted octanol–water partition coefficient (Wildman–Crippen LogP) is 4.01. The molecule has 0 aliphatic heterocycles. The van der Waals surface area contributed by atoms with Crippen LogP contribution in [0, 0.1) is 0 Å². The lowest BCUT2D eigenvalue weighted by molar-refractivity contribution is -0.119. The van der Waals surface area contributed by atoms with Gasteiger partial charge in [-0.25, -0.2) is 22.5 Å². The highest BCUT2D eigenvalue weighted by Gasteiger charge is 2.18.